The van der Waals surface area contributed by atoms with E-state index in [1.165, 1.54) is 17.1 Å². The molecule has 1 unspecified atom stereocenters. The Morgan fingerprint density at radius 3 is 2.86 bits per heavy atom. The first kappa shape index (κ1) is 9.50. The predicted octanol–water partition coefficient (Wildman–Crippen LogP) is -1.13. The predicted molar refractivity (Wildman–Crippen MR) is 41.9 cm³/mol. The number of nitrogens with zero attached hydrogens (tertiary/aromatic N) is 3. The van der Waals surface area contributed by atoms with Gasteiger partial charge in [-0.05, 0) is 0 Å². The highest BCUT2D eigenvalue weighted by Crippen LogP contribution is 2.24. The Bertz CT molecular complexity index is 294. The van der Waals surface area contributed by atoms with Gasteiger partial charge in [-0.3, -0.25) is 0 Å². The van der Waals surface area contributed by atoms with E-state index in [0.717, 1.165) is 0 Å². The molecule has 1 aromatic rings. The number of aliphatic hydroxyl groups excluding tert-OH is 2. The van der Waals surface area contributed by atoms with Gasteiger partial charge in [0.05, 0.1) is 12.8 Å². The molecule has 1 saturated heterocycles. The molecule has 0 saturated carbocycles. The van der Waals surface area contributed by atoms with Crippen LogP contribution in [-0.4, -0.2) is 50.2 Å². The summed E-state index contributed by atoms with van der Waals surface area (Å²) in [5.74, 6) is 0. The second kappa shape index (κ2) is 3.60. The molecule has 2 rings (SSSR count). The highest BCUT2D eigenvalue weighted by atomic mass is 19.1. The molecular formula is C7H10FN3O3. The summed E-state index contributed by atoms with van der Waals surface area (Å²) in [5, 5.41) is 25.8. The average Bonchev–Trinajstić information content (AvgIpc) is 2.67. The largest absolute Gasteiger partial charge is 0.387 e. The van der Waals surface area contributed by atoms with Gasteiger partial charge in [0.25, 0.3) is 0 Å². The molecule has 0 radical (unpaired) electrons. The van der Waals surface area contributed by atoms with Gasteiger partial charge in [-0.2, -0.15) is 0 Å². The van der Waals surface area contributed by atoms with Crippen molar-refractivity contribution in [1.82, 2.24) is 15.0 Å². The third kappa shape index (κ3) is 1.49. The number of rotatable bonds is 1. The zero-order valence-electron chi connectivity index (χ0n) is 7.19. The number of hydrogen-bond acceptors (Lipinski definition) is 5. The molecule has 0 amide bonds. The van der Waals surface area contributed by atoms with Crippen molar-refractivity contribution in [2.45, 2.75) is 24.6 Å². The zero-order chi connectivity index (χ0) is 10.1. The van der Waals surface area contributed by atoms with E-state index >= 15 is 0 Å². The molecule has 2 heterocycles. The minimum absolute atomic E-state index is 0.261. The van der Waals surface area contributed by atoms with Crippen molar-refractivity contribution in [2.75, 3.05) is 6.61 Å². The lowest BCUT2D eigenvalue weighted by molar-refractivity contribution is -0.198. The van der Waals surface area contributed by atoms with E-state index in [1.54, 1.807) is 0 Å². The number of aliphatic hydroxyl groups is 2. The minimum Gasteiger partial charge on any atom is -0.387 e. The molecular weight excluding hydrogens is 193 g/mol. The molecule has 7 heteroatoms. The van der Waals surface area contributed by atoms with Crippen molar-refractivity contribution in [1.29, 1.82) is 0 Å². The first-order valence-electron chi connectivity index (χ1n) is 4.18. The van der Waals surface area contributed by atoms with Crippen molar-refractivity contribution < 1.29 is 19.3 Å². The lowest BCUT2D eigenvalue weighted by atomic mass is 10.1. The fourth-order valence-corrected chi connectivity index (χ4v) is 1.36. The van der Waals surface area contributed by atoms with Crippen LogP contribution in [0.25, 0.3) is 0 Å². The van der Waals surface area contributed by atoms with Crippen molar-refractivity contribution in [2.24, 2.45) is 0 Å². The molecule has 2 N–H and O–H groups in total. The molecule has 14 heavy (non-hydrogen) atoms. The van der Waals surface area contributed by atoms with Crippen LogP contribution in [0.15, 0.2) is 12.4 Å². The van der Waals surface area contributed by atoms with Gasteiger partial charge in [-0.25, -0.2) is 9.07 Å². The maximum absolute atomic E-state index is 12.9. The van der Waals surface area contributed by atoms with Gasteiger partial charge in [-0.1, -0.05) is 5.21 Å². The second-order valence-electron chi connectivity index (χ2n) is 3.10. The van der Waals surface area contributed by atoms with Gasteiger partial charge < -0.3 is 14.9 Å². The quantitative estimate of drug-likeness (QED) is 0.603. The van der Waals surface area contributed by atoms with Crippen LogP contribution in [0.3, 0.4) is 0 Å². The molecule has 0 aromatic carbocycles. The van der Waals surface area contributed by atoms with Crippen LogP contribution in [0.4, 0.5) is 4.39 Å². The van der Waals surface area contributed by atoms with Gasteiger partial charge >= 0.3 is 0 Å². The van der Waals surface area contributed by atoms with Crippen LogP contribution in [0, 0.1) is 0 Å². The SMILES string of the molecule is O[C@H]1[C@H](F)COC(n2ccnn2)[C@@H]1O. The minimum atomic E-state index is -1.57. The van der Waals surface area contributed by atoms with Crippen LogP contribution < -0.4 is 0 Å². The molecule has 1 aliphatic rings. The van der Waals surface area contributed by atoms with Crippen molar-refractivity contribution in [3.8, 4) is 0 Å². The van der Waals surface area contributed by atoms with Gasteiger partial charge in [0.2, 0.25) is 0 Å². The third-order valence-electron chi connectivity index (χ3n) is 2.14. The summed E-state index contributed by atoms with van der Waals surface area (Å²) in [6.45, 7) is -0.261. The number of aromatic nitrogens is 3. The van der Waals surface area contributed by atoms with E-state index < -0.39 is 24.6 Å². The van der Waals surface area contributed by atoms with Gasteiger partial charge in [-0.15, -0.1) is 5.10 Å². The molecule has 0 aliphatic carbocycles. The highest BCUT2D eigenvalue weighted by molar-refractivity contribution is 4.85. The van der Waals surface area contributed by atoms with Crippen LogP contribution in [0.2, 0.25) is 0 Å². The molecule has 78 valence electrons. The molecule has 6 nitrogen and oxygen atoms in total. The number of hydrogen-bond donors (Lipinski definition) is 2. The van der Waals surface area contributed by atoms with E-state index in [2.05, 4.69) is 10.3 Å². The van der Waals surface area contributed by atoms with Crippen molar-refractivity contribution in [3.05, 3.63) is 12.4 Å². The Labute approximate surface area is 78.9 Å². The molecule has 4 atom stereocenters. The fourth-order valence-electron chi connectivity index (χ4n) is 1.36. The van der Waals surface area contributed by atoms with Crippen LogP contribution in [-0.2, 0) is 4.74 Å². The highest BCUT2D eigenvalue weighted by Gasteiger charge is 2.39. The maximum Gasteiger partial charge on any atom is 0.180 e. The first-order valence-corrected chi connectivity index (χ1v) is 4.18. The van der Waals surface area contributed by atoms with E-state index in [1.807, 2.05) is 0 Å². The van der Waals surface area contributed by atoms with Gasteiger partial charge in [0, 0.05) is 6.20 Å². The molecule has 1 fully saturated rings. The lowest BCUT2D eigenvalue weighted by Gasteiger charge is -2.33. The summed E-state index contributed by atoms with van der Waals surface area (Å²) in [6, 6.07) is 0. The Morgan fingerprint density at radius 2 is 2.21 bits per heavy atom. The van der Waals surface area contributed by atoms with Crippen molar-refractivity contribution in [3.63, 3.8) is 0 Å². The Kier molecular flexibility index (Phi) is 2.44. The van der Waals surface area contributed by atoms with E-state index in [9.17, 15) is 14.6 Å². The summed E-state index contributed by atoms with van der Waals surface area (Å²) < 4.78 is 19.1. The van der Waals surface area contributed by atoms with Gasteiger partial charge in [0.15, 0.2) is 12.4 Å². The Balaban J connectivity index is 2.14. The molecule has 0 bridgehead atoms. The van der Waals surface area contributed by atoms with Crippen LogP contribution in [0.1, 0.15) is 6.23 Å². The topological polar surface area (TPSA) is 80.4 Å². The Morgan fingerprint density at radius 1 is 1.43 bits per heavy atom. The summed E-state index contributed by atoms with van der Waals surface area (Å²) >= 11 is 0. The van der Waals surface area contributed by atoms with Crippen molar-refractivity contribution >= 4 is 0 Å². The average molecular weight is 203 g/mol. The smallest absolute Gasteiger partial charge is 0.180 e. The number of halogens is 1. The summed E-state index contributed by atoms with van der Waals surface area (Å²) in [6.07, 6.45) is -2.34. The summed E-state index contributed by atoms with van der Waals surface area (Å²) in [4.78, 5) is 0. The van der Waals surface area contributed by atoms with Crippen LogP contribution >= 0.6 is 0 Å². The zero-order valence-corrected chi connectivity index (χ0v) is 7.19. The first-order chi connectivity index (χ1) is 6.70. The van der Waals surface area contributed by atoms with E-state index in [0.29, 0.717) is 0 Å². The number of ether oxygens (including phenoxy) is 1. The fraction of sp³-hybridized carbons (Fsp3) is 0.714. The normalized spacial score (nSPS) is 38.5. The molecule has 1 aromatic heterocycles. The summed E-state index contributed by atoms with van der Waals surface area (Å²) in [7, 11) is 0. The summed E-state index contributed by atoms with van der Waals surface area (Å²) in [5.41, 5.74) is 0. The van der Waals surface area contributed by atoms with E-state index in [-0.39, 0.29) is 6.61 Å². The van der Waals surface area contributed by atoms with Crippen LogP contribution in [0.5, 0.6) is 0 Å². The molecule has 0 spiro atoms. The number of alkyl halides is 1. The monoisotopic (exact) mass is 203 g/mol. The van der Waals surface area contributed by atoms with Gasteiger partial charge in [0.1, 0.15) is 12.2 Å². The maximum atomic E-state index is 12.9. The second-order valence-corrected chi connectivity index (χ2v) is 3.10. The molecule has 1 aliphatic heterocycles. The van der Waals surface area contributed by atoms with E-state index in [4.69, 9.17) is 4.74 Å². The lowest BCUT2D eigenvalue weighted by Crippen LogP contribution is -2.49. The Hall–Kier alpha value is -1.05. The third-order valence-corrected chi connectivity index (χ3v) is 2.14. The standard InChI is InChI=1S/C7H10FN3O3/c8-4-3-14-7(6(13)5(4)12)11-2-1-9-10-11/h1-2,4-7,12-13H,3H2/t4-,5+,6-,7?/m1/s1.